The van der Waals surface area contributed by atoms with Gasteiger partial charge in [0.25, 0.3) is 0 Å². The molecule has 0 radical (unpaired) electrons. The fraction of sp³-hybridized carbons (Fsp3) is 0.138. The zero-order chi connectivity index (χ0) is 39.4. The third-order valence-corrected chi connectivity index (χ3v) is 12.3. The lowest BCUT2D eigenvalue weighted by atomic mass is 9.84. The Labute approximate surface area is 349 Å². The van der Waals surface area contributed by atoms with Crippen molar-refractivity contribution in [3.8, 4) is 34.1 Å². The van der Waals surface area contributed by atoms with E-state index < -0.39 is 0 Å². The minimum atomic E-state index is 0.193. The molecule has 284 valence electrons. The minimum absolute atomic E-state index is 0.193. The van der Waals surface area contributed by atoms with Crippen molar-refractivity contribution in [3.63, 3.8) is 0 Å². The maximum atomic E-state index is 3.65. The van der Waals surface area contributed by atoms with Gasteiger partial charge in [0.1, 0.15) is 0 Å². The molecule has 1 nitrogen and oxygen atoms in total. The van der Waals surface area contributed by atoms with Gasteiger partial charge in [-0.2, -0.15) is 0 Å². The smallest absolute Gasteiger partial charge is 0.0936 e. The predicted molar refractivity (Wildman–Crippen MR) is 250 cm³/mol. The van der Waals surface area contributed by atoms with Crippen molar-refractivity contribution < 1.29 is 0 Å². The van der Waals surface area contributed by atoms with E-state index in [1.165, 1.54) is 66.8 Å². The van der Waals surface area contributed by atoms with Crippen LogP contribution in [-0.4, -0.2) is 0 Å². The van der Waals surface area contributed by atoms with Crippen molar-refractivity contribution in [1.82, 2.24) is 0 Å². The van der Waals surface area contributed by atoms with Gasteiger partial charge in [-0.3, -0.25) is 0 Å². The summed E-state index contributed by atoms with van der Waals surface area (Å²) in [4.78, 5) is 2.43. The summed E-state index contributed by atoms with van der Waals surface area (Å²) in [6.07, 6.45) is 27.0. The van der Waals surface area contributed by atoms with E-state index in [4.69, 9.17) is 0 Å². The van der Waals surface area contributed by atoms with Crippen LogP contribution in [0.2, 0.25) is 0 Å². The van der Waals surface area contributed by atoms with E-state index in [1.807, 2.05) is 0 Å². The van der Waals surface area contributed by atoms with Gasteiger partial charge in [0, 0.05) is 29.5 Å². The molecule has 6 aromatic carbocycles. The summed E-state index contributed by atoms with van der Waals surface area (Å²) in [7, 11) is 0. The molecule has 0 amide bonds. The fourth-order valence-corrected chi connectivity index (χ4v) is 9.26. The maximum Gasteiger partial charge on any atom is 0.0936 e. The van der Waals surface area contributed by atoms with Crippen LogP contribution < -0.4 is 4.90 Å². The molecule has 0 saturated carbocycles. The molecule has 10 rings (SSSR count). The highest BCUT2D eigenvalue weighted by Crippen LogP contribution is 2.47. The minimum Gasteiger partial charge on any atom is -0.303 e. The number of benzene rings is 6. The molecular formula is C58H47N. The van der Waals surface area contributed by atoms with Gasteiger partial charge in [0.15, 0.2) is 0 Å². The van der Waals surface area contributed by atoms with E-state index in [0.29, 0.717) is 5.92 Å². The van der Waals surface area contributed by atoms with Crippen molar-refractivity contribution in [2.45, 2.75) is 50.4 Å². The van der Waals surface area contributed by atoms with Crippen LogP contribution in [0.5, 0.6) is 0 Å². The van der Waals surface area contributed by atoms with Gasteiger partial charge >= 0.3 is 0 Å². The normalized spacial score (nSPS) is 17.9. The predicted octanol–water partition coefficient (Wildman–Crippen LogP) is 15.1. The number of hydrogen-bond donors (Lipinski definition) is 0. The summed E-state index contributed by atoms with van der Waals surface area (Å²) in [6.45, 7) is 0. The molecule has 4 aliphatic rings. The van der Waals surface area contributed by atoms with E-state index in [2.05, 4.69) is 217 Å². The molecule has 0 N–H and O–H groups in total. The van der Waals surface area contributed by atoms with Gasteiger partial charge in [-0.15, -0.1) is 0 Å². The van der Waals surface area contributed by atoms with Crippen LogP contribution >= 0.6 is 0 Å². The monoisotopic (exact) mass is 757 g/mol. The lowest BCUT2D eigenvalue weighted by Crippen LogP contribution is -2.19. The van der Waals surface area contributed by atoms with Crippen molar-refractivity contribution in [2.24, 2.45) is 0 Å². The number of anilines is 2. The molecular weight excluding hydrogens is 711 g/mol. The molecule has 1 heteroatoms. The quantitative estimate of drug-likeness (QED) is 0.133. The number of aryl methyl sites for hydroxylation is 1. The number of hydrogen-bond acceptors (Lipinski definition) is 1. The number of nitrogens with zero attached hydrogens (tertiary/aromatic N) is 1. The van der Waals surface area contributed by atoms with Crippen LogP contribution in [0.1, 0.15) is 77.3 Å². The van der Waals surface area contributed by atoms with Crippen molar-refractivity contribution in [3.05, 3.63) is 233 Å². The summed E-state index contributed by atoms with van der Waals surface area (Å²) in [6, 6.07) is 53.7. The summed E-state index contributed by atoms with van der Waals surface area (Å²) < 4.78 is 0. The Morgan fingerprint density at radius 3 is 2.19 bits per heavy atom. The first-order valence-electron chi connectivity index (χ1n) is 21.2. The van der Waals surface area contributed by atoms with Crippen LogP contribution in [0.15, 0.2) is 200 Å². The van der Waals surface area contributed by atoms with Crippen LogP contribution in [-0.2, 0) is 6.42 Å². The van der Waals surface area contributed by atoms with Crippen LogP contribution in [0.25, 0.3) is 39.5 Å². The molecule has 4 aliphatic carbocycles. The Morgan fingerprint density at radius 1 is 0.593 bits per heavy atom. The maximum absolute atomic E-state index is 3.65. The zero-order valence-electron chi connectivity index (χ0n) is 33.4. The highest BCUT2D eigenvalue weighted by atomic mass is 15.1. The first-order chi connectivity index (χ1) is 29.3. The molecule has 0 heterocycles. The third-order valence-electron chi connectivity index (χ3n) is 12.3. The molecule has 0 bridgehead atoms. The Hall–Kier alpha value is -6.88. The molecule has 0 fully saturated rings. The van der Waals surface area contributed by atoms with Gasteiger partial charge in [-0.1, -0.05) is 182 Å². The number of rotatable bonds is 9. The SMILES string of the molecule is C1#CC(N(c2ccc(C3C=CC=C(c4ccc5c(c4)CCC=C5)C3)cc2)c2cccc(C3=CCCC=C3)c2-c2ccccc2-c2ccccc2)=CC(c2ccccc2)C1. The van der Waals surface area contributed by atoms with Gasteiger partial charge in [0.2, 0.25) is 0 Å². The van der Waals surface area contributed by atoms with E-state index in [0.717, 1.165) is 55.6 Å². The second-order valence-electron chi connectivity index (χ2n) is 16.0. The topological polar surface area (TPSA) is 3.24 Å². The molecule has 0 aliphatic heterocycles. The molecule has 2 unspecified atom stereocenters. The van der Waals surface area contributed by atoms with Crippen molar-refractivity contribution in [2.75, 3.05) is 4.90 Å². The lowest BCUT2D eigenvalue weighted by molar-refractivity contribution is 0.861. The lowest BCUT2D eigenvalue weighted by Gasteiger charge is -2.32. The number of fused-ring (bicyclic) bond motifs is 1. The Balaban J connectivity index is 1.09. The number of allylic oxidation sites excluding steroid dienone is 11. The second kappa shape index (κ2) is 16.5. The molecule has 6 aromatic rings. The summed E-state index contributed by atoms with van der Waals surface area (Å²) in [5, 5.41) is 0. The molecule has 2 atom stereocenters. The standard InChI is InChI=1S/C58H47N/c1-4-17-42(18-5-1)50-27-15-28-53(41-50)59(52-37-35-44(36-38-52)48-25-14-26-49(39-48)51-34-33-43-19-10-11-24-47(43)40-51)57-32-16-31-55(46-22-8-3-9-23-46)58(57)56-30-13-12-29-54(56)45-20-6-2-7-21-45/h1-2,4-8,10,12-14,16-23,25-26,29-38,40-41,48,50H,3,9,11,24,27,39H2. The van der Waals surface area contributed by atoms with E-state index in [1.54, 1.807) is 0 Å². The molecule has 59 heavy (non-hydrogen) atoms. The Morgan fingerprint density at radius 2 is 1.36 bits per heavy atom. The second-order valence-corrected chi connectivity index (χ2v) is 16.0. The van der Waals surface area contributed by atoms with Gasteiger partial charge in [-0.05, 0) is 124 Å². The summed E-state index contributed by atoms with van der Waals surface area (Å²) >= 11 is 0. The van der Waals surface area contributed by atoms with Crippen LogP contribution in [0.3, 0.4) is 0 Å². The first-order valence-corrected chi connectivity index (χ1v) is 21.2. The largest absolute Gasteiger partial charge is 0.303 e. The average Bonchev–Trinajstić information content (AvgIpc) is 3.32. The highest BCUT2D eigenvalue weighted by molar-refractivity contribution is 5.99. The molecule has 0 saturated heterocycles. The van der Waals surface area contributed by atoms with Gasteiger partial charge in [0.05, 0.1) is 11.4 Å². The van der Waals surface area contributed by atoms with Crippen LogP contribution in [0.4, 0.5) is 11.4 Å². The van der Waals surface area contributed by atoms with E-state index in [-0.39, 0.29) is 5.92 Å². The van der Waals surface area contributed by atoms with Gasteiger partial charge < -0.3 is 4.90 Å². The van der Waals surface area contributed by atoms with E-state index >= 15 is 0 Å². The summed E-state index contributed by atoms with van der Waals surface area (Å²) in [5.74, 6) is 7.72. The first kappa shape index (κ1) is 36.5. The summed E-state index contributed by atoms with van der Waals surface area (Å²) in [5.41, 5.74) is 18.7. The third kappa shape index (κ3) is 7.51. The van der Waals surface area contributed by atoms with Crippen molar-refractivity contribution in [1.29, 1.82) is 0 Å². The Bertz CT molecular complexity index is 2760. The van der Waals surface area contributed by atoms with Gasteiger partial charge in [-0.25, -0.2) is 0 Å². The van der Waals surface area contributed by atoms with Crippen LogP contribution in [0, 0.1) is 11.8 Å². The molecule has 0 spiro atoms. The highest BCUT2D eigenvalue weighted by Gasteiger charge is 2.26. The fourth-order valence-electron chi connectivity index (χ4n) is 9.26. The van der Waals surface area contributed by atoms with Crippen molar-refractivity contribution >= 4 is 28.6 Å². The average molecular weight is 758 g/mol. The van der Waals surface area contributed by atoms with E-state index in [9.17, 15) is 0 Å². The molecule has 0 aromatic heterocycles. The zero-order valence-corrected chi connectivity index (χ0v) is 33.4. The Kier molecular flexibility index (Phi) is 10.2.